The number of carbonyl (C=O) groups excluding carboxylic acids is 1. The van der Waals surface area contributed by atoms with Gasteiger partial charge in [0.25, 0.3) is 0 Å². The SMILES string of the molecule is O=C(CCCCc1cn[nH]n1)N1Cc2cnc(NC3Cc4ccccc4C3)nc2C1. The fourth-order valence-corrected chi connectivity index (χ4v) is 4.33. The number of nitrogens with zero attached hydrogens (tertiary/aromatic N) is 5. The molecule has 2 aromatic heterocycles. The van der Waals surface area contributed by atoms with Crippen molar-refractivity contribution in [1.82, 2.24) is 30.3 Å². The van der Waals surface area contributed by atoms with Crippen molar-refractivity contribution < 1.29 is 4.79 Å². The average molecular weight is 403 g/mol. The van der Waals surface area contributed by atoms with E-state index in [1.165, 1.54) is 11.1 Å². The Morgan fingerprint density at radius 3 is 2.70 bits per heavy atom. The number of amides is 1. The van der Waals surface area contributed by atoms with Crippen molar-refractivity contribution in [2.45, 2.75) is 57.7 Å². The van der Waals surface area contributed by atoms with Crippen LogP contribution in [0.1, 0.15) is 47.3 Å². The van der Waals surface area contributed by atoms with Gasteiger partial charge in [-0.25, -0.2) is 9.97 Å². The number of nitrogens with one attached hydrogen (secondary N) is 2. The van der Waals surface area contributed by atoms with Gasteiger partial charge >= 0.3 is 0 Å². The molecule has 1 amide bonds. The van der Waals surface area contributed by atoms with Crippen molar-refractivity contribution >= 4 is 11.9 Å². The van der Waals surface area contributed by atoms with Gasteiger partial charge in [0, 0.05) is 30.8 Å². The van der Waals surface area contributed by atoms with Gasteiger partial charge in [0.2, 0.25) is 11.9 Å². The molecule has 30 heavy (non-hydrogen) atoms. The zero-order valence-electron chi connectivity index (χ0n) is 16.8. The van der Waals surface area contributed by atoms with E-state index in [9.17, 15) is 4.79 Å². The number of unbranched alkanes of at least 4 members (excludes halogenated alkanes) is 1. The number of hydrogen-bond acceptors (Lipinski definition) is 6. The van der Waals surface area contributed by atoms with Gasteiger partial charge in [0.1, 0.15) is 0 Å². The maximum absolute atomic E-state index is 12.6. The highest BCUT2D eigenvalue weighted by Gasteiger charge is 2.26. The van der Waals surface area contributed by atoms with Crippen LogP contribution in [-0.4, -0.2) is 42.2 Å². The molecule has 1 aliphatic carbocycles. The minimum atomic E-state index is 0.175. The first kappa shape index (κ1) is 18.7. The lowest BCUT2D eigenvalue weighted by Gasteiger charge is -2.14. The molecule has 2 aliphatic rings. The molecule has 154 valence electrons. The van der Waals surface area contributed by atoms with Crippen molar-refractivity contribution in [2.24, 2.45) is 0 Å². The number of aromatic amines is 1. The third-order valence-electron chi connectivity index (χ3n) is 5.93. The Labute approximate surface area is 175 Å². The summed E-state index contributed by atoms with van der Waals surface area (Å²) in [6.07, 6.45) is 8.75. The molecule has 3 heterocycles. The third-order valence-corrected chi connectivity index (χ3v) is 5.93. The number of hydrogen-bond donors (Lipinski definition) is 2. The monoisotopic (exact) mass is 403 g/mol. The van der Waals surface area contributed by atoms with E-state index in [2.05, 4.69) is 50.0 Å². The molecule has 0 saturated carbocycles. The first-order valence-corrected chi connectivity index (χ1v) is 10.5. The molecule has 1 aromatic carbocycles. The summed E-state index contributed by atoms with van der Waals surface area (Å²) in [5.74, 6) is 0.836. The zero-order valence-corrected chi connectivity index (χ0v) is 16.8. The Morgan fingerprint density at radius 2 is 1.93 bits per heavy atom. The molecule has 0 fully saturated rings. The van der Waals surface area contributed by atoms with Crippen LogP contribution in [0.2, 0.25) is 0 Å². The third kappa shape index (κ3) is 4.03. The van der Waals surface area contributed by atoms with Gasteiger partial charge < -0.3 is 10.2 Å². The van der Waals surface area contributed by atoms with E-state index in [-0.39, 0.29) is 5.91 Å². The normalized spacial score (nSPS) is 15.3. The lowest BCUT2D eigenvalue weighted by atomic mass is 10.1. The summed E-state index contributed by atoms with van der Waals surface area (Å²) in [6.45, 7) is 1.17. The van der Waals surface area contributed by atoms with Gasteiger partial charge in [0.15, 0.2) is 0 Å². The fourth-order valence-electron chi connectivity index (χ4n) is 4.33. The molecule has 3 aromatic rings. The number of H-pyrrole nitrogens is 1. The topological polar surface area (TPSA) is 99.7 Å². The molecule has 0 unspecified atom stereocenters. The number of aryl methyl sites for hydroxylation is 1. The first-order valence-electron chi connectivity index (χ1n) is 10.5. The van der Waals surface area contributed by atoms with Crippen molar-refractivity contribution in [2.75, 3.05) is 5.32 Å². The van der Waals surface area contributed by atoms with E-state index in [0.29, 0.717) is 31.5 Å². The highest BCUT2D eigenvalue weighted by atomic mass is 16.2. The van der Waals surface area contributed by atoms with Crippen LogP contribution in [0, 0.1) is 0 Å². The van der Waals surface area contributed by atoms with Crippen LogP contribution in [0.15, 0.2) is 36.7 Å². The number of fused-ring (bicyclic) bond motifs is 2. The second-order valence-corrected chi connectivity index (χ2v) is 8.10. The minimum absolute atomic E-state index is 0.175. The lowest BCUT2D eigenvalue weighted by Crippen LogP contribution is -2.25. The van der Waals surface area contributed by atoms with E-state index in [0.717, 1.165) is 49.1 Å². The summed E-state index contributed by atoms with van der Waals surface area (Å²) in [5, 5.41) is 13.9. The molecule has 8 heteroatoms. The maximum Gasteiger partial charge on any atom is 0.223 e. The number of benzene rings is 1. The molecule has 8 nitrogen and oxygen atoms in total. The van der Waals surface area contributed by atoms with Crippen LogP contribution in [0.3, 0.4) is 0 Å². The van der Waals surface area contributed by atoms with Crippen LogP contribution < -0.4 is 5.32 Å². The van der Waals surface area contributed by atoms with E-state index < -0.39 is 0 Å². The van der Waals surface area contributed by atoms with E-state index >= 15 is 0 Å². The van der Waals surface area contributed by atoms with Gasteiger partial charge in [-0.2, -0.15) is 15.4 Å². The molecule has 5 rings (SSSR count). The standard InChI is InChI=1S/C22H25N7O/c30-21(8-4-3-7-18-12-24-28-27-18)29-13-17-11-23-22(26-20(17)14-29)25-19-9-15-5-1-2-6-16(15)10-19/h1-2,5-6,11-12,19H,3-4,7-10,13-14H2,(H,23,25,26)(H,24,27,28). The van der Waals surface area contributed by atoms with Crippen molar-refractivity contribution in [3.63, 3.8) is 0 Å². The quantitative estimate of drug-likeness (QED) is 0.588. The lowest BCUT2D eigenvalue weighted by molar-refractivity contribution is -0.131. The molecule has 1 aliphatic heterocycles. The highest BCUT2D eigenvalue weighted by Crippen LogP contribution is 2.26. The Balaban J connectivity index is 1.12. The van der Waals surface area contributed by atoms with Crippen LogP contribution in [0.5, 0.6) is 0 Å². The molecule has 0 spiro atoms. The van der Waals surface area contributed by atoms with Crippen LogP contribution in [0.4, 0.5) is 5.95 Å². The molecule has 0 saturated heterocycles. The molecular weight excluding hydrogens is 378 g/mol. The van der Waals surface area contributed by atoms with Crippen LogP contribution in [0.25, 0.3) is 0 Å². The van der Waals surface area contributed by atoms with Crippen LogP contribution in [-0.2, 0) is 37.1 Å². The summed E-state index contributed by atoms with van der Waals surface area (Å²) >= 11 is 0. The van der Waals surface area contributed by atoms with Crippen molar-refractivity contribution in [3.05, 3.63) is 64.7 Å². The van der Waals surface area contributed by atoms with Gasteiger partial charge in [0.05, 0.1) is 24.1 Å². The Kier molecular flexibility index (Phi) is 5.13. The molecule has 0 radical (unpaired) electrons. The van der Waals surface area contributed by atoms with E-state index in [1.807, 2.05) is 11.1 Å². The maximum atomic E-state index is 12.6. The first-order chi connectivity index (χ1) is 14.7. The van der Waals surface area contributed by atoms with Gasteiger partial charge in [-0.15, -0.1) is 0 Å². The summed E-state index contributed by atoms with van der Waals surface area (Å²) in [5.41, 5.74) is 5.75. The number of anilines is 1. The Morgan fingerprint density at radius 1 is 1.10 bits per heavy atom. The predicted octanol–water partition coefficient (Wildman–Crippen LogP) is 2.43. The second kappa shape index (κ2) is 8.22. The Hall–Kier alpha value is -3.29. The average Bonchev–Trinajstić information content (AvgIpc) is 3.49. The van der Waals surface area contributed by atoms with Crippen molar-refractivity contribution in [1.29, 1.82) is 0 Å². The van der Waals surface area contributed by atoms with E-state index in [1.54, 1.807) is 6.20 Å². The second-order valence-electron chi connectivity index (χ2n) is 8.10. The van der Waals surface area contributed by atoms with Gasteiger partial charge in [-0.1, -0.05) is 24.3 Å². The molecular formula is C22H25N7O. The minimum Gasteiger partial charge on any atom is -0.351 e. The summed E-state index contributed by atoms with van der Waals surface area (Å²) in [4.78, 5) is 23.7. The number of rotatable bonds is 7. The summed E-state index contributed by atoms with van der Waals surface area (Å²) in [6, 6.07) is 8.88. The van der Waals surface area contributed by atoms with Gasteiger partial charge in [-0.3, -0.25) is 4.79 Å². The number of carbonyl (C=O) groups is 1. The Bertz CT molecular complexity index is 1010. The fraction of sp³-hybridized carbons (Fsp3) is 0.409. The molecule has 2 N–H and O–H groups in total. The summed E-state index contributed by atoms with van der Waals surface area (Å²) < 4.78 is 0. The molecule has 0 bridgehead atoms. The zero-order chi connectivity index (χ0) is 20.3. The highest BCUT2D eigenvalue weighted by molar-refractivity contribution is 5.76. The smallest absolute Gasteiger partial charge is 0.223 e. The number of aromatic nitrogens is 5. The molecule has 0 atom stereocenters. The summed E-state index contributed by atoms with van der Waals surface area (Å²) in [7, 11) is 0. The van der Waals surface area contributed by atoms with Crippen molar-refractivity contribution in [3.8, 4) is 0 Å². The predicted molar refractivity (Wildman–Crippen MR) is 111 cm³/mol. The van der Waals surface area contributed by atoms with E-state index in [4.69, 9.17) is 4.98 Å². The largest absolute Gasteiger partial charge is 0.351 e. The van der Waals surface area contributed by atoms with Crippen LogP contribution >= 0.6 is 0 Å². The van der Waals surface area contributed by atoms with Gasteiger partial charge in [-0.05, 0) is 43.2 Å².